The fourth-order valence-corrected chi connectivity index (χ4v) is 10.0. The first kappa shape index (κ1) is 36.1. The molecule has 7 heteroatoms. The van der Waals surface area contributed by atoms with Gasteiger partial charge >= 0.3 is 0 Å². The fourth-order valence-electron chi connectivity index (χ4n) is 10.0. The van der Waals surface area contributed by atoms with E-state index < -0.39 is 0 Å². The van der Waals surface area contributed by atoms with Crippen molar-refractivity contribution in [1.29, 1.82) is 0 Å². The Hall–Kier alpha value is -8.55. The third kappa shape index (κ3) is 5.64. The maximum Gasteiger partial charge on any atom is 0.257 e. The van der Waals surface area contributed by atoms with E-state index in [1.54, 1.807) is 0 Å². The Kier molecular flexibility index (Phi) is 8.21. The Labute approximate surface area is 372 Å². The average Bonchev–Trinajstić information content (AvgIpc) is 3.37. The Morgan fingerprint density at radius 3 is 0.922 bits per heavy atom. The number of para-hydroxylation sites is 3. The monoisotopic (exact) mass is 816 g/mol. The van der Waals surface area contributed by atoms with Crippen LogP contribution in [-0.4, -0.2) is 21.7 Å². The minimum Gasteiger partial charge on any atom is -0.311 e. The standard InChI is InChI=1S/C57H37BN6/c1-6-18-39(19-7-1)55-59-56(40-20-8-2-9-21-40)61-57(60-55)41-34-32-38(33-35-41)42-36-50-54-51(37-42)64(45-26-14-5-15-27-45)49-31-17-29-47-53(49)58(54)52-46(62(47)43-22-10-3-11-23-43)28-16-30-48(52)63(50)44-24-12-4-13-25-44/h1-37H. The summed E-state index contributed by atoms with van der Waals surface area (Å²) in [6.45, 7) is 0.0140. The van der Waals surface area contributed by atoms with Gasteiger partial charge in [-0.3, -0.25) is 0 Å². The van der Waals surface area contributed by atoms with Gasteiger partial charge in [0.2, 0.25) is 0 Å². The predicted octanol–water partition coefficient (Wildman–Crippen LogP) is 12.4. The van der Waals surface area contributed by atoms with Crippen molar-refractivity contribution in [2.24, 2.45) is 0 Å². The first-order chi connectivity index (χ1) is 31.8. The smallest absolute Gasteiger partial charge is 0.257 e. The zero-order valence-corrected chi connectivity index (χ0v) is 34.6. The number of benzene rings is 9. The molecule has 0 bridgehead atoms. The van der Waals surface area contributed by atoms with E-state index in [0.717, 1.165) is 44.9 Å². The summed E-state index contributed by atoms with van der Waals surface area (Å²) in [5.41, 5.74) is 19.5. The molecule has 3 aliphatic rings. The summed E-state index contributed by atoms with van der Waals surface area (Å²) in [6.07, 6.45) is 0. The Morgan fingerprint density at radius 1 is 0.250 bits per heavy atom. The topological polar surface area (TPSA) is 48.4 Å². The molecule has 0 spiro atoms. The van der Waals surface area contributed by atoms with Crippen LogP contribution < -0.4 is 31.1 Å². The molecule has 0 amide bonds. The second kappa shape index (κ2) is 14.5. The maximum atomic E-state index is 5.03. The molecule has 0 radical (unpaired) electrons. The van der Waals surface area contributed by atoms with Gasteiger partial charge in [0, 0.05) is 67.9 Å². The summed E-state index contributed by atoms with van der Waals surface area (Å²) in [7, 11) is 0. The van der Waals surface area contributed by atoms with Crippen molar-refractivity contribution in [2.75, 3.05) is 14.7 Å². The SMILES string of the molecule is c1ccc(-c2nc(-c3ccccc3)nc(-c3ccc(-c4cc5c6c(c4)N(c4ccccc4)c4cccc7c4B6c4c(cccc4N5c4ccccc4)N7c4ccccc4)cc3)n2)cc1. The highest BCUT2D eigenvalue weighted by atomic mass is 15.2. The second-order valence-electron chi connectivity index (χ2n) is 16.4. The van der Waals surface area contributed by atoms with Crippen LogP contribution in [0.1, 0.15) is 0 Å². The molecule has 13 rings (SSSR count). The van der Waals surface area contributed by atoms with Gasteiger partial charge in [-0.25, -0.2) is 15.0 Å². The number of hydrogen-bond acceptors (Lipinski definition) is 6. The maximum absolute atomic E-state index is 5.03. The van der Waals surface area contributed by atoms with Crippen LogP contribution in [0.3, 0.4) is 0 Å². The summed E-state index contributed by atoms with van der Waals surface area (Å²) in [6, 6.07) is 79.9. The van der Waals surface area contributed by atoms with Gasteiger partial charge in [-0.05, 0) is 100 Å². The van der Waals surface area contributed by atoms with E-state index in [9.17, 15) is 0 Å². The third-order valence-corrected chi connectivity index (χ3v) is 12.8. The third-order valence-electron chi connectivity index (χ3n) is 12.8. The molecule has 0 saturated heterocycles. The van der Waals surface area contributed by atoms with Crippen molar-refractivity contribution in [1.82, 2.24) is 15.0 Å². The van der Waals surface area contributed by atoms with Crippen molar-refractivity contribution < 1.29 is 0 Å². The lowest BCUT2D eigenvalue weighted by atomic mass is 9.31. The first-order valence-corrected chi connectivity index (χ1v) is 21.7. The molecule has 0 saturated carbocycles. The van der Waals surface area contributed by atoms with Crippen LogP contribution in [0, 0.1) is 0 Å². The molecule has 0 unspecified atom stereocenters. The van der Waals surface area contributed by atoms with E-state index in [2.05, 4.69) is 178 Å². The van der Waals surface area contributed by atoms with Gasteiger partial charge in [-0.2, -0.15) is 0 Å². The number of nitrogens with zero attached hydrogens (tertiary/aromatic N) is 6. The zero-order chi connectivity index (χ0) is 42.1. The summed E-state index contributed by atoms with van der Waals surface area (Å²) in [5.74, 6) is 1.92. The quantitative estimate of drug-likeness (QED) is 0.149. The van der Waals surface area contributed by atoms with Crippen LogP contribution in [0.5, 0.6) is 0 Å². The summed E-state index contributed by atoms with van der Waals surface area (Å²) in [4.78, 5) is 22.4. The lowest BCUT2D eigenvalue weighted by Gasteiger charge is -2.49. The van der Waals surface area contributed by atoms with E-state index in [1.165, 1.54) is 50.5 Å². The second-order valence-corrected chi connectivity index (χ2v) is 16.4. The van der Waals surface area contributed by atoms with Gasteiger partial charge in [0.1, 0.15) is 0 Å². The van der Waals surface area contributed by atoms with Gasteiger partial charge in [0.15, 0.2) is 17.5 Å². The van der Waals surface area contributed by atoms with Crippen LogP contribution in [0.2, 0.25) is 0 Å². The van der Waals surface area contributed by atoms with Crippen molar-refractivity contribution in [2.45, 2.75) is 0 Å². The molecule has 6 nitrogen and oxygen atoms in total. The molecule has 4 heterocycles. The number of aromatic nitrogens is 3. The van der Waals surface area contributed by atoms with Crippen LogP contribution in [-0.2, 0) is 0 Å². The van der Waals surface area contributed by atoms with Crippen molar-refractivity contribution >= 4 is 74.3 Å². The average molecular weight is 817 g/mol. The predicted molar refractivity (Wildman–Crippen MR) is 264 cm³/mol. The number of anilines is 9. The molecule has 3 aliphatic heterocycles. The Bertz CT molecular complexity index is 3210. The van der Waals surface area contributed by atoms with Crippen molar-refractivity contribution in [3.05, 3.63) is 224 Å². The number of hydrogen-bond donors (Lipinski definition) is 0. The van der Waals surface area contributed by atoms with Gasteiger partial charge < -0.3 is 14.7 Å². The minimum atomic E-state index is 0.0140. The lowest BCUT2D eigenvalue weighted by Crippen LogP contribution is -2.64. The fraction of sp³-hybridized carbons (Fsp3) is 0. The molecule has 0 aliphatic carbocycles. The van der Waals surface area contributed by atoms with Gasteiger partial charge in [0.05, 0.1) is 0 Å². The molecule has 1 aromatic heterocycles. The molecule has 10 aromatic rings. The van der Waals surface area contributed by atoms with E-state index in [4.69, 9.17) is 15.0 Å². The summed E-state index contributed by atoms with van der Waals surface area (Å²) in [5, 5.41) is 0. The van der Waals surface area contributed by atoms with E-state index in [1.807, 2.05) is 60.7 Å². The van der Waals surface area contributed by atoms with Crippen LogP contribution in [0.15, 0.2) is 224 Å². The van der Waals surface area contributed by atoms with E-state index in [-0.39, 0.29) is 6.71 Å². The summed E-state index contributed by atoms with van der Waals surface area (Å²) < 4.78 is 0. The van der Waals surface area contributed by atoms with E-state index >= 15 is 0 Å². The van der Waals surface area contributed by atoms with E-state index in [0.29, 0.717) is 17.5 Å². The lowest BCUT2D eigenvalue weighted by molar-refractivity contribution is 1.07. The highest BCUT2D eigenvalue weighted by Gasteiger charge is 2.49. The molecular weight excluding hydrogens is 779 g/mol. The first-order valence-electron chi connectivity index (χ1n) is 21.7. The number of rotatable bonds is 7. The largest absolute Gasteiger partial charge is 0.311 e. The highest BCUT2D eigenvalue weighted by Crippen LogP contribution is 2.51. The van der Waals surface area contributed by atoms with Crippen LogP contribution in [0.25, 0.3) is 45.3 Å². The Morgan fingerprint density at radius 2 is 0.547 bits per heavy atom. The Balaban J connectivity index is 1.03. The normalized spacial score (nSPS) is 12.9. The van der Waals surface area contributed by atoms with Crippen molar-refractivity contribution in [3.63, 3.8) is 0 Å². The molecule has 298 valence electrons. The van der Waals surface area contributed by atoms with Crippen molar-refractivity contribution in [3.8, 4) is 45.3 Å². The van der Waals surface area contributed by atoms with Gasteiger partial charge in [-0.1, -0.05) is 152 Å². The molecule has 0 atom stereocenters. The minimum absolute atomic E-state index is 0.0140. The highest BCUT2D eigenvalue weighted by molar-refractivity contribution is 7.02. The van der Waals surface area contributed by atoms with Gasteiger partial charge in [-0.15, -0.1) is 0 Å². The molecule has 0 N–H and O–H groups in total. The molecule has 9 aromatic carbocycles. The van der Waals surface area contributed by atoms with Crippen LogP contribution in [0.4, 0.5) is 51.2 Å². The molecule has 64 heavy (non-hydrogen) atoms. The zero-order valence-electron chi connectivity index (χ0n) is 34.6. The van der Waals surface area contributed by atoms with Gasteiger partial charge in [0.25, 0.3) is 6.71 Å². The summed E-state index contributed by atoms with van der Waals surface area (Å²) >= 11 is 0. The molecule has 0 fully saturated rings. The molecular formula is C57H37BN6. The van der Waals surface area contributed by atoms with Crippen LogP contribution >= 0.6 is 0 Å².